The molecule has 1 aliphatic carbocycles. The number of ketones is 1. The molecule has 5 nitrogen and oxygen atoms in total. The third-order valence-electron chi connectivity index (χ3n) is 7.04. The molecule has 180 valence electrons. The number of nitrogens with two attached hydrogens (primary N) is 1. The van der Waals surface area contributed by atoms with E-state index in [4.69, 9.17) is 11.0 Å². The number of unbranched alkanes of at least 4 members (excludes halogenated alkanes) is 1. The molecule has 1 aliphatic heterocycles. The van der Waals surface area contributed by atoms with Crippen molar-refractivity contribution in [3.8, 4) is 6.07 Å². The van der Waals surface area contributed by atoms with Gasteiger partial charge in [-0.2, -0.15) is 5.26 Å². The lowest BCUT2D eigenvalue weighted by atomic mass is 9.77. The predicted octanol–water partition coefficient (Wildman–Crippen LogP) is 4.70. The Morgan fingerprint density at radius 3 is 2.58 bits per heavy atom. The third kappa shape index (κ3) is 7.62. The fourth-order valence-corrected chi connectivity index (χ4v) is 4.92. The van der Waals surface area contributed by atoms with Crippen molar-refractivity contribution in [2.24, 2.45) is 17.6 Å². The van der Waals surface area contributed by atoms with E-state index in [0.717, 1.165) is 64.1 Å². The number of benzene rings is 1. The Kier molecular flexibility index (Phi) is 9.83. The number of allylic oxidation sites excluding steroid dienone is 1. The highest BCUT2D eigenvalue weighted by Crippen LogP contribution is 2.32. The van der Waals surface area contributed by atoms with Gasteiger partial charge in [0, 0.05) is 56.8 Å². The van der Waals surface area contributed by atoms with Crippen molar-refractivity contribution < 1.29 is 13.6 Å². The SMILES string of the molecule is N#CCCCC(=O)C(N)C1CCC(/C=C/CN2CCN(c3cccc(C(F)F)c3)CC2)CC1. The van der Waals surface area contributed by atoms with Gasteiger partial charge in [-0.3, -0.25) is 9.69 Å². The maximum absolute atomic E-state index is 13.0. The topological polar surface area (TPSA) is 73.4 Å². The summed E-state index contributed by atoms with van der Waals surface area (Å²) < 4.78 is 25.9. The van der Waals surface area contributed by atoms with Gasteiger partial charge in [0.25, 0.3) is 6.43 Å². The summed E-state index contributed by atoms with van der Waals surface area (Å²) in [5.74, 6) is 0.908. The zero-order valence-electron chi connectivity index (χ0n) is 19.3. The lowest BCUT2D eigenvalue weighted by Crippen LogP contribution is -2.46. The molecule has 1 saturated heterocycles. The molecule has 0 amide bonds. The van der Waals surface area contributed by atoms with E-state index < -0.39 is 6.43 Å². The number of hydrogen-bond acceptors (Lipinski definition) is 5. The summed E-state index contributed by atoms with van der Waals surface area (Å²) in [5, 5.41) is 8.61. The zero-order valence-corrected chi connectivity index (χ0v) is 19.3. The minimum Gasteiger partial charge on any atom is -0.369 e. The molecule has 1 saturated carbocycles. The second-order valence-corrected chi connectivity index (χ2v) is 9.29. The van der Waals surface area contributed by atoms with Crippen molar-refractivity contribution in [1.29, 1.82) is 5.26 Å². The number of nitriles is 1. The largest absolute Gasteiger partial charge is 0.369 e. The molecule has 1 atom stereocenters. The van der Waals surface area contributed by atoms with Crippen LogP contribution in [0.4, 0.5) is 14.5 Å². The third-order valence-corrected chi connectivity index (χ3v) is 7.04. The Labute approximate surface area is 196 Å². The van der Waals surface area contributed by atoms with Gasteiger partial charge >= 0.3 is 0 Å². The zero-order chi connectivity index (χ0) is 23.6. The molecular formula is C26H36F2N4O. The van der Waals surface area contributed by atoms with E-state index in [1.807, 2.05) is 6.07 Å². The number of nitrogens with zero attached hydrogens (tertiary/aromatic N) is 3. The van der Waals surface area contributed by atoms with Crippen LogP contribution in [-0.4, -0.2) is 49.4 Å². The Morgan fingerprint density at radius 1 is 1.18 bits per heavy atom. The molecule has 2 aliphatic rings. The number of anilines is 1. The van der Waals surface area contributed by atoms with Crippen molar-refractivity contribution in [3.05, 3.63) is 42.0 Å². The van der Waals surface area contributed by atoms with Crippen LogP contribution in [-0.2, 0) is 4.79 Å². The molecule has 0 aromatic heterocycles. The molecule has 1 unspecified atom stereocenters. The molecule has 3 rings (SSSR count). The quantitative estimate of drug-likeness (QED) is 0.406. The van der Waals surface area contributed by atoms with Crippen molar-refractivity contribution >= 4 is 11.5 Å². The standard InChI is InChI=1S/C26H36F2N4O/c27-26(28)22-6-3-7-23(19-22)32-17-15-31(16-18-32)14-4-5-20-9-11-21(12-10-20)25(30)24(33)8-1-2-13-29/h3-7,19-21,25-26H,1-2,8-12,14-18,30H2/b5-4+. The van der Waals surface area contributed by atoms with Crippen molar-refractivity contribution in [2.45, 2.75) is 57.4 Å². The number of piperazine rings is 1. The fourth-order valence-electron chi connectivity index (χ4n) is 4.92. The molecule has 33 heavy (non-hydrogen) atoms. The van der Waals surface area contributed by atoms with Gasteiger partial charge < -0.3 is 10.6 Å². The van der Waals surface area contributed by atoms with Crippen LogP contribution in [0.5, 0.6) is 0 Å². The first-order valence-corrected chi connectivity index (χ1v) is 12.1. The highest BCUT2D eigenvalue weighted by molar-refractivity contribution is 5.84. The van der Waals surface area contributed by atoms with Crippen molar-refractivity contribution in [3.63, 3.8) is 0 Å². The summed E-state index contributed by atoms with van der Waals surface area (Å²) in [4.78, 5) is 16.8. The summed E-state index contributed by atoms with van der Waals surface area (Å²) in [6.07, 6.45) is 7.67. The molecule has 1 aromatic carbocycles. The predicted molar refractivity (Wildman–Crippen MR) is 127 cm³/mol. The van der Waals surface area contributed by atoms with Crippen LogP contribution in [0.15, 0.2) is 36.4 Å². The van der Waals surface area contributed by atoms with Crippen LogP contribution >= 0.6 is 0 Å². The Hall–Kier alpha value is -2.30. The first kappa shape index (κ1) is 25.3. The molecular weight excluding hydrogens is 422 g/mol. The van der Waals surface area contributed by atoms with E-state index in [1.165, 1.54) is 6.07 Å². The van der Waals surface area contributed by atoms with Crippen molar-refractivity contribution in [1.82, 2.24) is 4.90 Å². The first-order valence-electron chi connectivity index (χ1n) is 12.1. The van der Waals surface area contributed by atoms with Crippen LogP contribution in [0.25, 0.3) is 0 Å². The van der Waals surface area contributed by atoms with Gasteiger partial charge in [0.2, 0.25) is 0 Å². The second-order valence-electron chi connectivity index (χ2n) is 9.29. The number of rotatable bonds is 10. The lowest BCUT2D eigenvalue weighted by molar-refractivity contribution is -0.121. The van der Waals surface area contributed by atoms with E-state index >= 15 is 0 Å². The van der Waals surface area contributed by atoms with E-state index in [0.29, 0.717) is 25.2 Å². The maximum atomic E-state index is 13.0. The molecule has 1 aromatic rings. The smallest absolute Gasteiger partial charge is 0.263 e. The monoisotopic (exact) mass is 458 g/mol. The van der Waals surface area contributed by atoms with Gasteiger partial charge in [-0.05, 0) is 56.1 Å². The van der Waals surface area contributed by atoms with Crippen LogP contribution in [0.3, 0.4) is 0 Å². The number of hydrogen-bond donors (Lipinski definition) is 1. The first-order chi connectivity index (χ1) is 16.0. The Morgan fingerprint density at radius 2 is 1.91 bits per heavy atom. The highest BCUT2D eigenvalue weighted by Gasteiger charge is 2.28. The summed E-state index contributed by atoms with van der Waals surface area (Å²) in [5.41, 5.74) is 7.15. The van der Waals surface area contributed by atoms with Gasteiger partial charge in [-0.1, -0.05) is 24.3 Å². The van der Waals surface area contributed by atoms with Gasteiger partial charge in [0.05, 0.1) is 12.1 Å². The number of carbonyl (C=O) groups excluding carboxylic acids is 1. The van der Waals surface area contributed by atoms with Gasteiger partial charge in [0.1, 0.15) is 5.78 Å². The molecule has 7 heteroatoms. The summed E-state index contributed by atoms with van der Waals surface area (Å²) >= 11 is 0. The van der Waals surface area contributed by atoms with E-state index in [2.05, 4.69) is 28.0 Å². The molecule has 0 spiro atoms. The Bertz CT molecular complexity index is 822. The van der Waals surface area contributed by atoms with E-state index in [9.17, 15) is 13.6 Å². The minimum absolute atomic E-state index is 0.0805. The molecule has 0 radical (unpaired) electrons. The number of carbonyl (C=O) groups is 1. The fraction of sp³-hybridized carbons (Fsp3) is 0.615. The van der Waals surface area contributed by atoms with Crippen LogP contribution in [0.1, 0.15) is 56.9 Å². The number of halogens is 2. The molecule has 0 bridgehead atoms. The molecule has 2 N–H and O–H groups in total. The van der Waals surface area contributed by atoms with Crippen LogP contribution in [0.2, 0.25) is 0 Å². The van der Waals surface area contributed by atoms with Crippen LogP contribution in [0, 0.1) is 23.2 Å². The van der Waals surface area contributed by atoms with Crippen molar-refractivity contribution in [2.75, 3.05) is 37.6 Å². The average molecular weight is 459 g/mol. The maximum Gasteiger partial charge on any atom is 0.263 e. The summed E-state index contributed by atoms with van der Waals surface area (Å²) in [6, 6.07) is 8.38. The second kappa shape index (κ2) is 12.8. The average Bonchev–Trinajstić information content (AvgIpc) is 2.84. The molecule has 2 fully saturated rings. The van der Waals surface area contributed by atoms with Gasteiger partial charge in [-0.25, -0.2) is 8.78 Å². The summed E-state index contributed by atoms with van der Waals surface area (Å²) in [7, 11) is 0. The van der Waals surface area contributed by atoms with E-state index in [-0.39, 0.29) is 23.3 Å². The van der Waals surface area contributed by atoms with Gasteiger partial charge in [-0.15, -0.1) is 0 Å². The minimum atomic E-state index is -2.43. The molecule has 1 heterocycles. The number of Topliss-reactive ketones (excluding diaryl/α,β-unsaturated/α-hetero) is 1. The number of alkyl halides is 2. The van der Waals surface area contributed by atoms with Gasteiger partial charge in [0.15, 0.2) is 0 Å². The normalized spacial score (nSPS) is 23.1. The summed E-state index contributed by atoms with van der Waals surface area (Å²) in [6.45, 7) is 4.41. The highest BCUT2D eigenvalue weighted by atomic mass is 19.3. The Balaban J connectivity index is 1.35. The van der Waals surface area contributed by atoms with E-state index in [1.54, 1.807) is 12.1 Å². The van der Waals surface area contributed by atoms with Crippen LogP contribution < -0.4 is 10.6 Å². The lowest BCUT2D eigenvalue weighted by Gasteiger charge is -2.36.